The molecule has 1 aromatic carbocycles. The summed E-state index contributed by atoms with van der Waals surface area (Å²) in [6.45, 7) is 0.456. The van der Waals surface area contributed by atoms with Gasteiger partial charge in [-0.25, -0.2) is 0 Å². The number of fused-ring (bicyclic) bond motifs is 3. The Morgan fingerprint density at radius 1 is 1.27 bits per heavy atom. The summed E-state index contributed by atoms with van der Waals surface area (Å²) in [5, 5.41) is 0. The standard InChI is InChI=1S/C14H13F3O4S/c15-14(16,17)22(18,19)21-10-5-6-12-11-4-2-1-3-9(11)8-20-13(12)7-10/h2,4-7,9,11H,1,3,8H2. The molecule has 0 N–H and O–H groups in total. The Hall–Kier alpha value is -1.70. The quantitative estimate of drug-likeness (QED) is 0.473. The van der Waals surface area contributed by atoms with Gasteiger partial charge in [-0.2, -0.15) is 21.6 Å². The Labute approximate surface area is 125 Å². The van der Waals surface area contributed by atoms with Crippen LogP contribution in [0.1, 0.15) is 24.3 Å². The summed E-state index contributed by atoms with van der Waals surface area (Å²) in [4.78, 5) is 0. The molecule has 0 aromatic heterocycles. The Balaban J connectivity index is 1.90. The third-order valence-corrected chi connectivity index (χ3v) is 4.82. The van der Waals surface area contributed by atoms with Gasteiger partial charge in [-0.15, -0.1) is 0 Å². The van der Waals surface area contributed by atoms with Gasteiger partial charge in [0.05, 0.1) is 6.61 Å². The summed E-state index contributed by atoms with van der Waals surface area (Å²) in [6.07, 6.45) is 6.09. The largest absolute Gasteiger partial charge is 0.534 e. The Bertz CT molecular complexity index is 709. The van der Waals surface area contributed by atoms with Crippen molar-refractivity contribution in [3.05, 3.63) is 35.9 Å². The van der Waals surface area contributed by atoms with Crippen LogP contribution >= 0.6 is 0 Å². The van der Waals surface area contributed by atoms with Gasteiger partial charge in [-0.1, -0.05) is 18.2 Å². The van der Waals surface area contributed by atoms with Crippen molar-refractivity contribution in [1.29, 1.82) is 0 Å². The first-order valence-corrected chi connectivity index (χ1v) is 8.13. The van der Waals surface area contributed by atoms with E-state index in [-0.39, 0.29) is 5.92 Å². The highest BCUT2D eigenvalue weighted by Gasteiger charge is 2.48. The maximum absolute atomic E-state index is 12.3. The zero-order valence-electron chi connectivity index (χ0n) is 11.3. The summed E-state index contributed by atoms with van der Waals surface area (Å²) in [5.74, 6) is 0.436. The highest BCUT2D eigenvalue weighted by atomic mass is 32.2. The highest BCUT2D eigenvalue weighted by Crippen LogP contribution is 2.43. The summed E-state index contributed by atoms with van der Waals surface area (Å²) in [6, 6.07) is 3.97. The molecular weight excluding hydrogens is 321 g/mol. The van der Waals surface area contributed by atoms with E-state index in [1.165, 1.54) is 12.1 Å². The molecule has 0 spiro atoms. The Kier molecular flexibility index (Phi) is 3.58. The van der Waals surface area contributed by atoms with Crippen LogP contribution in [0.15, 0.2) is 30.4 Å². The van der Waals surface area contributed by atoms with Crippen LogP contribution in [0, 0.1) is 5.92 Å². The number of allylic oxidation sites excluding steroid dienone is 2. The number of hydrogen-bond donors (Lipinski definition) is 0. The molecule has 0 saturated carbocycles. The number of rotatable bonds is 2. The third kappa shape index (κ3) is 2.67. The molecule has 120 valence electrons. The summed E-state index contributed by atoms with van der Waals surface area (Å²) < 4.78 is 68.7. The summed E-state index contributed by atoms with van der Waals surface area (Å²) >= 11 is 0. The lowest BCUT2D eigenvalue weighted by atomic mass is 9.78. The van der Waals surface area contributed by atoms with Gasteiger partial charge in [0, 0.05) is 23.5 Å². The van der Waals surface area contributed by atoms with Crippen LogP contribution in [0.5, 0.6) is 11.5 Å². The minimum atomic E-state index is -5.67. The van der Waals surface area contributed by atoms with Crippen molar-refractivity contribution >= 4 is 10.1 Å². The molecule has 22 heavy (non-hydrogen) atoms. The molecule has 1 heterocycles. The molecule has 0 saturated heterocycles. The first kappa shape index (κ1) is 15.2. The lowest BCUT2D eigenvalue weighted by Gasteiger charge is -2.34. The van der Waals surface area contributed by atoms with Crippen molar-refractivity contribution in [3.63, 3.8) is 0 Å². The van der Waals surface area contributed by atoms with Crippen molar-refractivity contribution in [2.24, 2.45) is 5.92 Å². The summed E-state index contributed by atoms with van der Waals surface area (Å²) in [7, 11) is -5.67. The van der Waals surface area contributed by atoms with Crippen LogP contribution in [-0.4, -0.2) is 20.5 Å². The maximum Gasteiger partial charge on any atom is 0.534 e. The van der Waals surface area contributed by atoms with Crippen molar-refractivity contribution < 1.29 is 30.5 Å². The lowest BCUT2D eigenvalue weighted by molar-refractivity contribution is -0.0500. The second-order valence-corrected chi connectivity index (χ2v) is 6.82. The van der Waals surface area contributed by atoms with Gasteiger partial charge in [0.2, 0.25) is 0 Å². The fourth-order valence-corrected chi connectivity index (χ4v) is 3.22. The lowest BCUT2D eigenvalue weighted by Crippen LogP contribution is -2.28. The van der Waals surface area contributed by atoms with Crippen molar-refractivity contribution in [2.45, 2.75) is 24.3 Å². The zero-order valence-corrected chi connectivity index (χ0v) is 12.2. The Morgan fingerprint density at radius 3 is 2.77 bits per heavy atom. The average Bonchev–Trinajstić information content (AvgIpc) is 2.45. The normalized spacial score (nSPS) is 24.1. The van der Waals surface area contributed by atoms with E-state index in [0.717, 1.165) is 18.4 Å². The number of halogens is 3. The first-order chi connectivity index (χ1) is 10.3. The van der Waals surface area contributed by atoms with E-state index in [9.17, 15) is 21.6 Å². The maximum atomic E-state index is 12.3. The predicted octanol–water partition coefficient (Wildman–Crippen LogP) is 3.36. The number of alkyl halides is 3. The predicted molar refractivity (Wildman–Crippen MR) is 72.1 cm³/mol. The first-order valence-electron chi connectivity index (χ1n) is 6.72. The Morgan fingerprint density at radius 2 is 2.05 bits per heavy atom. The molecular formula is C14H13F3O4S. The van der Waals surface area contributed by atoms with Gasteiger partial charge in [-0.05, 0) is 18.9 Å². The molecule has 0 bridgehead atoms. The van der Waals surface area contributed by atoms with Crippen molar-refractivity contribution in [3.8, 4) is 11.5 Å². The fourth-order valence-electron chi connectivity index (χ4n) is 2.77. The van der Waals surface area contributed by atoms with Gasteiger partial charge in [0.25, 0.3) is 0 Å². The van der Waals surface area contributed by atoms with E-state index in [2.05, 4.69) is 16.3 Å². The third-order valence-electron chi connectivity index (χ3n) is 3.84. The van der Waals surface area contributed by atoms with Crippen molar-refractivity contribution in [1.82, 2.24) is 0 Å². The molecule has 3 rings (SSSR count). The molecule has 0 radical (unpaired) electrons. The second kappa shape index (κ2) is 5.19. The van der Waals surface area contributed by atoms with Crippen LogP contribution in [0.4, 0.5) is 13.2 Å². The van der Waals surface area contributed by atoms with E-state index < -0.39 is 21.4 Å². The summed E-state index contributed by atoms with van der Waals surface area (Å²) in [5.41, 5.74) is -4.62. The number of benzene rings is 1. The molecule has 1 aliphatic carbocycles. The van der Waals surface area contributed by atoms with Gasteiger partial charge < -0.3 is 8.92 Å². The van der Waals surface area contributed by atoms with E-state index in [1.54, 1.807) is 6.07 Å². The van der Waals surface area contributed by atoms with Gasteiger partial charge in [0.1, 0.15) is 11.5 Å². The molecule has 1 aromatic rings. The van der Waals surface area contributed by atoms with Gasteiger partial charge in [0.15, 0.2) is 0 Å². The minimum Gasteiger partial charge on any atom is -0.493 e. The monoisotopic (exact) mass is 334 g/mol. The molecule has 0 fully saturated rings. The second-order valence-electron chi connectivity index (χ2n) is 5.29. The van der Waals surface area contributed by atoms with Crippen molar-refractivity contribution in [2.75, 3.05) is 6.61 Å². The van der Waals surface area contributed by atoms with Crippen LogP contribution in [-0.2, 0) is 10.1 Å². The molecule has 4 nitrogen and oxygen atoms in total. The molecule has 2 unspecified atom stereocenters. The van der Waals surface area contributed by atoms with E-state index in [1.807, 2.05) is 0 Å². The molecule has 8 heteroatoms. The number of hydrogen-bond acceptors (Lipinski definition) is 4. The SMILES string of the molecule is O=S(=O)(Oc1ccc2c(c1)OCC1CCC=CC21)C(F)(F)F. The zero-order chi connectivity index (χ0) is 16.0. The van der Waals surface area contributed by atoms with Gasteiger partial charge in [-0.3, -0.25) is 0 Å². The smallest absolute Gasteiger partial charge is 0.493 e. The number of ether oxygens (including phenoxy) is 1. The average molecular weight is 334 g/mol. The van der Waals surface area contributed by atoms with Gasteiger partial charge >= 0.3 is 15.6 Å². The fraction of sp³-hybridized carbons (Fsp3) is 0.429. The van der Waals surface area contributed by atoms with Crippen LogP contribution in [0.2, 0.25) is 0 Å². The highest BCUT2D eigenvalue weighted by molar-refractivity contribution is 7.88. The topological polar surface area (TPSA) is 52.6 Å². The molecule has 1 aliphatic heterocycles. The van der Waals surface area contributed by atoms with E-state index in [0.29, 0.717) is 18.3 Å². The van der Waals surface area contributed by atoms with E-state index in [4.69, 9.17) is 4.74 Å². The van der Waals surface area contributed by atoms with E-state index >= 15 is 0 Å². The minimum absolute atomic E-state index is 0.144. The van der Waals surface area contributed by atoms with Crippen LogP contribution in [0.3, 0.4) is 0 Å². The van der Waals surface area contributed by atoms with Crippen LogP contribution in [0.25, 0.3) is 0 Å². The molecule has 2 aliphatic rings. The van der Waals surface area contributed by atoms with Crippen LogP contribution < -0.4 is 8.92 Å². The molecule has 0 amide bonds. The molecule has 2 atom stereocenters.